The lowest BCUT2D eigenvalue weighted by molar-refractivity contribution is -0.148. The van der Waals surface area contributed by atoms with E-state index in [9.17, 15) is 9.90 Å². The predicted molar refractivity (Wildman–Crippen MR) is 46.8 cm³/mol. The van der Waals surface area contributed by atoms with Crippen LogP contribution < -0.4 is 0 Å². The van der Waals surface area contributed by atoms with Crippen LogP contribution in [0.3, 0.4) is 0 Å². The second-order valence-electron chi connectivity index (χ2n) is 2.78. The first-order valence-electron chi connectivity index (χ1n) is 4.10. The van der Waals surface area contributed by atoms with Crippen LogP contribution in [0.4, 0.5) is 0 Å². The zero-order valence-electron chi connectivity index (χ0n) is 8.21. The van der Waals surface area contributed by atoms with Crippen LogP contribution in [0, 0.1) is 0 Å². The molecule has 0 radical (unpaired) electrons. The van der Waals surface area contributed by atoms with Crippen LogP contribution in [0.1, 0.15) is 0 Å². The molecule has 0 saturated heterocycles. The van der Waals surface area contributed by atoms with Gasteiger partial charge in [0.2, 0.25) is 0 Å². The number of ketones is 1. The van der Waals surface area contributed by atoms with Gasteiger partial charge in [-0.1, -0.05) is 0 Å². The summed E-state index contributed by atoms with van der Waals surface area (Å²) >= 11 is 0. The Hall–Kier alpha value is -0.530. The number of carbonyl (C=O) groups is 1. The fourth-order valence-corrected chi connectivity index (χ4v) is 1.00. The summed E-state index contributed by atoms with van der Waals surface area (Å²) in [6, 6.07) is 0. The van der Waals surface area contributed by atoms with E-state index in [1.54, 1.807) is 0 Å². The van der Waals surface area contributed by atoms with E-state index in [4.69, 9.17) is 14.9 Å². The number of hydrogen-bond acceptors (Lipinski definition) is 6. The van der Waals surface area contributed by atoms with Gasteiger partial charge >= 0.3 is 0 Å². The van der Waals surface area contributed by atoms with Crippen LogP contribution in [-0.4, -0.2) is 66.8 Å². The second kappa shape index (κ2) is 6.86. The molecule has 6 nitrogen and oxygen atoms in total. The molecule has 0 aromatic heterocycles. The Kier molecular flexibility index (Phi) is 6.60. The molecule has 84 valence electrons. The standard InChI is InChI=1S/C8H16O6/c1-13-4-6(11)8(14-2)7(12)5(10)3-9/h5-6,8-11H,3-4H2,1-2H3/t5-,6+,8-/m0/s1. The van der Waals surface area contributed by atoms with E-state index >= 15 is 0 Å². The average molecular weight is 208 g/mol. The molecule has 0 aliphatic rings. The Morgan fingerprint density at radius 3 is 2.29 bits per heavy atom. The molecule has 0 heterocycles. The number of hydrogen-bond donors (Lipinski definition) is 3. The first kappa shape index (κ1) is 13.5. The first-order chi connectivity index (χ1) is 6.58. The number of Topliss-reactive ketones (excluding diaryl/α,β-unsaturated/α-hetero) is 1. The minimum atomic E-state index is -1.54. The molecular weight excluding hydrogens is 192 g/mol. The van der Waals surface area contributed by atoms with E-state index in [-0.39, 0.29) is 6.61 Å². The monoisotopic (exact) mass is 208 g/mol. The minimum absolute atomic E-state index is 0.0810. The zero-order chi connectivity index (χ0) is 11.1. The molecule has 14 heavy (non-hydrogen) atoms. The largest absolute Gasteiger partial charge is 0.393 e. The number of carbonyl (C=O) groups excluding carboxylic acids is 1. The SMILES string of the molecule is COC[C@@H](O)[C@H](OC)C(=O)[C@@H](O)CO. The Labute approximate surface area is 82.1 Å². The Morgan fingerprint density at radius 2 is 1.93 bits per heavy atom. The van der Waals surface area contributed by atoms with Crippen molar-refractivity contribution in [2.24, 2.45) is 0 Å². The van der Waals surface area contributed by atoms with Gasteiger partial charge in [0.15, 0.2) is 5.78 Å². The van der Waals surface area contributed by atoms with Gasteiger partial charge in [-0.2, -0.15) is 0 Å². The third kappa shape index (κ3) is 3.69. The van der Waals surface area contributed by atoms with Crippen LogP contribution in [0.2, 0.25) is 0 Å². The molecule has 0 aliphatic heterocycles. The maximum atomic E-state index is 11.3. The van der Waals surface area contributed by atoms with E-state index in [0.29, 0.717) is 0 Å². The summed E-state index contributed by atoms with van der Waals surface area (Å²) in [4.78, 5) is 11.3. The summed E-state index contributed by atoms with van der Waals surface area (Å²) in [5.74, 6) is -0.764. The predicted octanol–water partition coefficient (Wildman–Crippen LogP) is -2.07. The normalized spacial score (nSPS) is 17.5. The second-order valence-corrected chi connectivity index (χ2v) is 2.78. The lowest BCUT2D eigenvalue weighted by Gasteiger charge is -2.21. The van der Waals surface area contributed by atoms with E-state index in [1.807, 2.05) is 0 Å². The number of aliphatic hydroxyl groups is 3. The number of rotatable bonds is 7. The van der Waals surface area contributed by atoms with Crippen molar-refractivity contribution in [2.45, 2.75) is 18.3 Å². The van der Waals surface area contributed by atoms with Crippen LogP contribution in [0.5, 0.6) is 0 Å². The molecule has 0 aromatic carbocycles. The maximum absolute atomic E-state index is 11.3. The van der Waals surface area contributed by atoms with Crippen molar-refractivity contribution < 1.29 is 29.6 Å². The molecule has 0 aromatic rings. The van der Waals surface area contributed by atoms with Crippen LogP contribution >= 0.6 is 0 Å². The molecule has 0 amide bonds. The van der Waals surface area contributed by atoms with E-state index < -0.39 is 30.7 Å². The van der Waals surface area contributed by atoms with E-state index in [2.05, 4.69) is 4.74 Å². The van der Waals surface area contributed by atoms with Crippen molar-refractivity contribution in [2.75, 3.05) is 27.4 Å². The molecule has 0 bridgehead atoms. The van der Waals surface area contributed by atoms with Gasteiger partial charge in [0.25, 0.3) is 0 Å². The fraction of sp³-hybridized carbons (Fsp3) is 0.875. The molecular formula is C8H16O6. The summed E-state index contributed by atoms with van der Waals surface area (Å²) in [7, 11) is 2.59. The van der Waals surface area contributed by atoms with E-state index in [0.717, 1.165) is 0 Å². The molecule has 6 heteroatoms. The minimum Gasteiger partial charge on any atom is -0.393 e. The summed E-state index contributed by atoms with van der Waals surface area (Å²) in [6.07, 6.45) is -3.87. The average Bonchev–Trinajstić information content (AvgIpc) is 2.18. The highest BCUT2D eigenvalue weighted by Gasteiger charge is 2.30. The van der Waals surface area contributed by atoms with E-state index in [1.165, 1.54) is 14.2 Å². The Balaban J connectivity index is 4.31. The molecule has 0 aliphatic carbocycles. The summed E-state index contributed by atoms with van der Waals surface area (Å²) in [5, 5.41) is 26.9. The van der Waals surface area contributed by atoms with Crippen molar-refractivity contribution >= 4 is 5.78 Å². The fourth-order valence-electron chi connectivity index (χ4n) is 1.00. The molecule has 3 atom stereocenters. The Morgan fingerprint density at radius 1 is 1.36 bits per heavy atom. The maximum Gasteiger partial charge on any atom is 0.194 e. The lowest BCUT2D eigenvalue weighted by Crippen LogP contribution is -2.44. The van der Waals surface area contributed by atoms with Gasteiger partial charge in [-0.3, -0.25) is 4.79 Å². The Bertz CT molecular complexity index is 171. The summed E-state index contributed by atoms with van der Waals surface area (Å²) < 4.78 is 9.32. The van der Waals surface area contributed by atoms with Gasteiger partial charge < -0.3 is 24.8 Å². The highest BCUT2D eigenvalue weighted by atomic mass is 16.5. The molecule has 0 spiro atoms. The third-order valence-corrected chi connectivity index (χ3v) is 1.72. The highest BCUT2D eigenvalue weighted by Crippen LogP contribution is 2.04. The smallest absolute Gasteiger partial charge is 0.194 e. The van der Waals surface area contributed by atoms with Gasteiger partial charge in [-0.15, -0.1) is 0 Å². The molecule has 0 rings (SSSR count). The molecule has 0 unspecified atom stereocenters. The molecule has 3 N–H and O–H groups in total. The van der Waals surface area contributed by atoms with Crippen molar-refractivity contribution in [3.8, 4) is 0 Å². The van der Waals surface area contributed by atoms with Crippen molar-refractivity contribution in [1.29, 1.82) is 0 Å². The summed E-state index contributed by atoms with van der Waals surface area (Å²) in [6.45, 7) is -0.777. The van der Waals surface area contributed by atoms with Crippen molar-refractivity contribution in [1.82, 2.24) is 0 Å². The van der Waals surface area contributed by atoms with Crippen LogP contribution in [0.15, 0.2) is 0 Å². The van der Waals surface area contributed by atoms with Gasteiger partial charge in [0, 0.05) is 14.2 Å². The third-order valence-electron chi connectivity index (χ3n) is 1.72. The van der Waals surface area contributed by atoms with Gasteiger partial charge in [-0.25, -0.2) is 0 Å². The van der Waals surface area contributed by atoms with Crippen molar-refractivity contribution in [3.05, 3.63) is 0 Å². The van der Waals surface area contributed by atoms with Gasteiger partial charge in [0.1, 0.15) is 18.3 Å². The molecule has 0 fully saturated rings. The summed E-state index contributed by atoms with van der Waals surface area (Å²) in [5.41, 5.74) is 0. The topological polar surface area (TPSA) is 96.2 Å². The lowest BCUT2D eigenvalue weighted by atomic mass is 10.1. The zero-order valence-corrected chi connectivity index (χ0v) is 8.21. The highest BCUT2D eigenvalue weighted by molar-refractivity contribution is 5.87. The number of methoxy groups -OCH3 is 2. The van der Waals surface area contributed by atoms with Gasteiger partial charge in [0.05, 0.1) is 13.2 Å². The van der Waals surface area contributed by atoms with Crippen LogP contribution in [0.25, 0.3) is 0 Å². The van der Waals surface area contributed by atoms with Gasteiger partial charge in [-0.05, 0) is 0 Å². The van der Waals surface area contributed by atoms with Crippen molar-refractivity contribution in [3.63, 3.8) is 0 Å². The number of ether oxygens (including phenoxy) is 2. The van der Waals surface area contributed by atoms with Crippen LogP contribution in [-0.2, 0) is 14.3 Å². The number of aliphatic hydroxyl groups excluding tert-OH is 3. The quantitative estimate of drug-likeness (QED) is 0.445. The molecule has 0 saturated carbocycles. The first-order valence-corrected chi connectivity index (χ1v) is 4.10.